The summed E-state index contributed by atoms with van der Waals surface area (Å²) in [4.78, 5) is 0. The van der Waals surface area contributed by atoms with Crippen molar-refractivity contribution in [3.63, 3.8) is 0 Å². The van der Waals surface area contributed by atoms with Crippen molar-refractivity contribution in [2.75, 3.05) is 6.61 Å². The van der Waals surface area contributed by atoms with Gasteiger partial charge in [0.2, 0.25) is 0 Å². The SMILES string of the molecule is CC(C)CC[C@@H](C)N[C@H](CO)CC(C)C. The molecule has 0 aromatic heterocycles. The van der Waals surface area contributed by atoms with E-state index in [1.807, 2.05) is 0 Å². The van der Waals surface area contributed by atoms with Crippen molar-refractivity contribution in [3.8, 4) is 0 Å². The first-order valence-corrected chi connectivity index (χ1v) is 6.32. The van der Waals surface area contributed by atoms with E-state index in [1.165, 1.54) is 12.8 Å². The molecule has 0 aliphatic rings. The Morgan fingerprint density at radius 1 is 0.933 bits per heavy atom. The molecule has 0 fully saturated rings. The zero-order chi connectivity index (χ0) is 11.8. The van der Waals surface area contributed by atoms with Gasteiger partial charge in [-0.25, -0.2) is 0 Å². The van der Waals surface area contributed by atoms with Crippen molar-refractivity contribution in [3.05, 3.63) is 0 Å². The molecule has 0 radical (unpaired) electrons. The average Bonchev–Trinajstić information content (AvgIpc) is 2.13. The predicted molar refractivity (Wildman–Crippen MR) is 67.0 cm³/mol. The Balaban J connectivity index is 3.74. The van der Waals surface area contributed by atoms with E-state index in [4.69, 9.17) is 0 Å². The van der Waals surface area contributed by atoms with Crippen LogP contribution in [0.25, 0.3) is 0 Å². The molecule has 0 aromatic rings. The molecule has 2 atom stereocenters. The van der Waals surface area contributed by atoms with Gasteiger partial charge in [0, 0.05) is 12.1 Å². The lowest BCUT2D eigenvalue weighted by Gasteiger charge is -2.23. The van der Waals surface area contributed by atoms with Gasteiger partial charge in [0.1, 0.15) is 0 Å². The highest BCUT2D eigenvalue weighted by molar-refractivity contribution is 4.72. The average molecular weight is 215 g/mol. The summed E-state index contributed by atoms with van der Waals surface area (Å²) >= 11 is 0. The third-order valence-corrected chi connectivity index (χ3v) is 2.67. The lowest BCUT2D eigenvalue weighted by Crippen LogP contribution is -2.40. The molecule has 92 valence electrons. The molecule has 0 aromatic carbocycles. The fourth-order valence-corrected chi connectivity index (χ4v) is 1.83. The maximum absolute atomic E-state index is 9.24. The van der Waals surface area contributed by atoms with Crippen LogP contribution < -0.4 is 5.32 Å². The number of rotatable bonds is 8. The predicted octanol–water partition coefficient (Wildman–Crippen LogP) is 2.81. The van der Waals surface area contributed by atoms with Crippen LogP contribution in [0.4, 0.5) is 0 Å². The Labute approximate surface area is 95.5 Å². The van der Waals surface area contributed by atoms with Crippen LogP contribution in [0.2, 0.25) is 0 Å². The number of hydrogen-bond donors (Lipinski definition) is 2. The molecule has 2 nitrogen and oxygen atoms in total. The molecular formula is C13H29NO. The highest BCUT2D eigenvalue weighted by atomic mass is 16.3. The highest BCUT2D eigenvalue weighted by Gasteiger charge is 2.12. The summed E-state index contributed by atoms with van der Waals surface area (Å²) in [5, 5.41) is 12.7. The highest BCUT2D eigenvalue weighted by Crippen LogP contribution is 2.09. The van der Waals surface area contributed by atoms with E-state index >= 15 is 0 Å². The maximum Gasteiger partial charge on any atom is 0.0584 e. The topological polar surface area (TPSA) is 32.3 Å². The maximum atomic E-state index is 9.24. The van der Waals surface area contributed by atoms with E-state index in [1.54, 1.807) is 0 Å². The summed E-state index contributed by atoms with van der Waals surface area (Å²) in [5.74, 6) is 1.42. The van der Waals surface area contributed by atoms with Crippen LogP contribution in [0.15, 0.2) is 0 Å². The van der Waals surface area contributed by atoms with Crippen LogP contribution in [0.5, 0.6) is 0 Å². The quantitative estimate of drug-likeness (QED) is 0.652. The van der Waals surface area contributed by atoms with Crippen LogP contribution in [-0.2, 0) is 0 Å². The van der Waals surface area contributed by atoms with Crippen molar-refractivity contribution in [1.29, 1.82) is 0 Å². The van der Waals surface area contributed by atoms with Gasteiger partial charge in [0.05, 0.1) is 6.61 Å². The van der Waals surface area contributed by atoms with E-state index in [9.17, 15) is 5.11 Å². The summed E-state index contributed by atoms with van der Waals surface area (Å²) in [6, 6.07) is 0.787. The Morgan fingerprint density at radius 3 is 1.93 bits per heavy atom. The first-order valence-electron chi connectivity index (χ1n) is 6.32. The van der Waals surface area contributed by atoms with E-state index in [-0.39, 0.29) is 12.6 Å². The first-order chi connectivity index (χ1) is 6.95. The number of hydrogen-bond acceptors (Lipinski definition) is 2. The molecular weight excluding hydrogens is 186 g/mol. The smallest absolute Gasteiger partial charge is 0.0584 e. The molecule has 0 spiro atoms. The number of aliphatic hydroxyl groups excluding tert-OH is 1. The largest absolute Gasteiger partial charge is 0.395 e. The zero-order valence-electron chi connectivity index (χ0n) is 11.1. The molecule has 0 unspecified atom stereocenters. The normalized spacial score (nSPS) is 16.0. The van der Waals surface area contributed by atoms with Crippen molar-refractivity contribution in [2.24, 2.45) is 11.8 Å². The summed E-state index contributed by atoms with van der Waals surface area (Å²) in [7, 11) is 0. The second-order valence-corrected chi connectivity index (χ2v) is 5.55. The van der Waals surface area contributed by atoms with Crippen LogP contribution in [0.1, 0.15) is 53.9 Å². The lowest BCUT2D eigenvalue weighted by atomic mass is 10.0. The van der Waals surface area contributed by atoms with Gasteiger partial charge in [-0.2, -0.15) is 0 Å². The second kappa shape index (κ2) is 8.12. The van der Waals surface area contributed by atoms with Crippen LogP contribution >= 0.6 is 0 Å². The molecule has 0 aliphatic heterocycles. The molecule has 0 heterocycles. The Bertz CT molecular complexity index is 145. The third-order valence-electron chi connectivity index (χ3n) is 2.67. The molecule has 0 aliphatic carbocycles. The molecule has 0 saturated carbocycles. The standard InChI is InChI=1S/C13H29NO/c1-10(2)6-7-12(5)14-13(9-15)8-11(3)4/h10-15H,6-9H2,1-5H3/t12-,13+/m1/s1. The fourth-order valence-electron chi connectivity index (χ4n) is 1.83. The van der Waals surface area contributed by atoms with Crippen molar-refractivity contribution >= 4 is 0 Å². The van der Waals surface area contributed by atoms with Crippen molar-refractivity contribution < 1.29 is 5.11 Å². The van der Waals surface area contributed by atoms with Crippen LogP contribution in [-0.4, -0.2) is 23.8 Å². The van der Waals surface area contributed by atoms with Gasteiger partial charge in [0.25, 0.3) is 0 Å². The van der Waals surface area contributed by atoms with Gasteiger partial charge in [-0.3, -0.25) is 0 Å². The number of aliphatic hydroxyl groups is 1. The van der Waals surface area contributed by atoms with Crippen molar-refractivity contribution in [1.82, 2.24) is 5.32 Å². The zero-order valence-corrected chi connectivity index (χ0v) is 11.1. The Kier molecular flexibility index (Phi) is 8.07. The van der Waals surface area contributed by atoms with Gasteiger partial charge in [-0.1, -0.05) is 27.7 Å². The van der Waals surface area contributed by atoms with E-state index in [0.717, 1.165) is 12.3 Å². The summed E-state index contributed by atoms with van der Waals surface area (Å²) < 4.78 is 0. The molecule has 0 rings (SSSR count). The van der Waals surface area contributed by atoms with Gasteiger partial charge in [-0.05, 0) is 38.0 Å². The van der Waals surface area contributed by atoms with Crippen LogP contribution in [0.3, 0.4) is 0 Å². The summed E-state index contributed by atoms with van der Waals surface area (Å²) in [6.07, 6.45) is 3.52. The monoisotopic (exact) mass is 215 g/mol. The minimum absolute atomic E-state index is 0.254. The lowest BCUT2D eigenvalue weighted by molar-refractivity contribution is 0.211. The molecule has 0 saturated heterocycles. The molecule has 2 N–H and O–H groups in total. The summed E-state index contributed by atoms with van der Waals surface area (Å²) in [6.45, 7) is 11.4. The first kappa shape index (κ1) is 14.9. The second-order valence-electron chi connectivity index (χ2n) is 5.55. The molecule has 2 heteroatoms. The fraction of sp³-hybridized carbons (Fsp3) is 1.00. The number of nitrogens with one attached hydrogen (secondary N) is 1. The van der Waals surface area contributed by atoms with E-state index < -0.39 is 0 Å². The van der Waals surface area contributed by atoms with Gasteiger partial charge >= 0.3 is 0 Å². The molecule has 0 amide bonds. The van der Waals surface area contributed by atoms with Crippen LogP contribution in [0, 0.1) is 11.8 Å². The minimum atomic E-state index is 0.254. The van der Waals surface area contributed by atoms with E-state index in [2.05, 4.69) is 39.9 Å². The summed E-state index contributed by atoms with van der Waals surface area (Å²) in [5.41, 5.74) is 0. The Morgan fingerprint density at radius 2 is 1.53 bits per heavy atom. The minimum Gasteiger partial charge on any atom is -0.395 e. The van der Waals surface area contributed by atoms with Crippen molar-refractivity contribution in [2.45, 2.75) is 66.0 Å². The molecule has 15 heavy (non-hydrogen) atoms. The van der Waals surface area contributed by atoms with E-state index in [0.29, 0.717) is 12.0 Å². The van der Waals surface area contributed by atoms with Gasteiger partial charge < -0.3 is 10.4 Å². The molecule has 0 bridgehead atoms. The van der Waals surface area contributed by atoms with Gasteiger partial charge in [-0.15, -0.1) is 0 Å². The Hall–Kier alpha value is -0.0800. The van der Waals surface area contributed by atoms with Gasteiger partial charge in [0.15, 0.2) is 0 Å². The third kappa shape index (κ3) is 8.88.